The van der Waals surface area contributed by atoms with Gasteiger partial charge in [-0.3, -0.25) is 9.59 Å². The fourth-order valence-electron chi connectivity index (χ4n) is 4.55. The fraction of sp³-hybridized carbons (Fsp3) is 0.520. The first-order chi connectivity index (χ1) is 15.6. The van der Waals surface area contributed by atoms with E-state index in [-0.39, 0.29) is 17.8 Å². The zero-order valence-corrected chi connectivity index (χ0v) is 20.6. The molecule has 1 fully saturated rings. The first kappa shape index (κ1) is 23.3. The number of carbonyl (C=O) groups excluding carboxylic acids is 2. The van der Waals surface area contributed by atoms with Crippen molar-refractivity contribution in [2.24, 2.45) is 5.92 Å². The molecule has 1 saturated heterocycles. The molecular weight excluding hydrogens is 440 g/mol. The Morgan fingerprint density at radius 2 is 1.88 bits per heavy atom. The number of amides is 1. The van der Waals surface area contributed by atoms with Crippen molar-refractivity contribution in [3.05, 3.63) is 46.2 Å². The molecule has 1 amide bonds. The van der Waals surface area contributed by atoms with E-state index in [4.69, 9.17) is 4.74 Å². The molecular formula is C25H32N2O3S2. The summed E-state index contributed by atoms with van der Waals surface area (Å²) in [5, 5.41) is -0.284. The summed E-state index contributed by atoms with van der Waals surface area (Å²) in [5.74, 6) is -1.41. The largest absolute Gasteiger partial charge is 0.465 e. The van der Waals surface area contributed by atoms with Gasteiger partial charge in [0.15, 0.2) is 5.92 Å². The van der Waals surface area contributed by atoms with Gasteiger partial charge in [-0.25, -0.2) is 0 Å². The van der Waals surface area contributed by atoms with Crippen molar-refractivity contribution in [2.45, 2.75) is 49.7 Å². The van der Waals surface area contributed by atoms with E-state index in [1.165, 1.54) is 24.1 Å². The molecule has 172 valence electrons. The number of thioether (sulfide) groups is 1. The standard InChI is InChI=1S/C25H32N2O3S2/c1-3-30-25(29)22-23(21-13-12-18(2)31-21)32-20-11-6-5-10-19(20)27(24(22)28)17-9-16-26-14-7-4-8-15-26/h5-6,10-13,22-23H,3-4,7-9,14-17H2,1-2H3/t22-,23-/m0/s1. The number of rotatable bonds is 7. The van der Waals surface area contributed by atoms with Gasteiger partial charge in [0.25, 0.3) is 0 Å². The monoisotopic (exact) mass is 472 g/mol. The predicted octanol–water partition coefficient (Wildman–Crippen LogP) is 5.29. The number of ether oxygens (including phenoxy) is 1. The Morgan fingerprint density at radius 3 is 2.59 bits per heavy atom. The molecule has 0 unspecified atom stereocenters. The molecule has 2 atom stereocenters. The lowest BCUT2D eigenvalue weighted by Gasteiger charge is -2.29. The second-order valence-electron chi connectivity index (χ2n) is 8.43. The highest BCUT2D eigenvalue weighted by atomic mass is 32.2. The molecule has 2 aliphatic rings. The van der Waals surface area contributed by atoms with E-state index < -0.39 is 11.9 Å². The number of para-hydroxylation sites is 1. The van der Waals surface area contributed by atoms with Gasteiger partial charge in [-0.15, -0.1) is 23.1 Å². The molecule has 0 radical (unpaired) electrons. The van der Waals surface area contributed by atoms with Crippen molar-refractivity contribution in [3.8, 4) is 0 Å². The van der Waals surface area contributed by atoms with Crippen molar-refractivity contribution in [1.29, 1.82) is 0 Å². The van der Waals surface area contributed by atoms with Crippen molar-refractivity contribution < 1.29 is 14.3 Å². The first-order valence-corrected chi connectivity index (χ1v) is 13.3. The highest BCUT2D eigenvalue weighted by Crippen LogP contribution is 2.50. The summed E-state index contributed by atoms with van der Waals surface area (Å²) in [6.07, 6.45) is 4.73. The van der Waals surface area contributed by atoms with Crippen molar-refractivity contribution in [3.63, 3.8) is 0 Å². The summed E-state index contributed by atoms with van der Waals surface area (Å²) in [6.45, 7) is 8.00. The van der Waals surface area contributed by atoms with Gasteiger partial charge in [-0.1, -0.05) is 18.6 Å². The van der Waals surface area contributed by atoms with Crippen LogP contribution < -0.4 is 4.90 Å². The fourth-order valence-corrected chi connectivity index (χ4v) is 7.02. The molecule has 4 rings (SSSR count). The lowest BCUT2D eigenvalue weighted by molar-refractivity contribution is -0.151. The Bertz CT molecular complexity index is 939. The number of hydrogen-bond donors (Lipinski definition) is 0. The molecule has 32 heavy (non-hydrogen) atoms. The molecule has 1 aromatic heterocycles. The van der Waals surface area contributed by atoms with Crippen molar-refractivity contribution >= 4 is 40.7 Å². The number of esters is 1. The van der Waals surface area contributed by atoms with Gasteiger partial charge < -0.3 is 14.5 Å². The summed E-state index contributed by atoms with van der Waals surface area (Å²) in [7, 11) is 0. The lowest BCUT2D eigenvalue weighted by Crippen LogP contribution is -2.42. The topological polar surface area (TPSA) is 49.9 Å². The second kappa shape index (κ2) is 10.9. The maximum absolute atomic E-state index is 13.9. The molecule has 2 aliphatic heterocycles. The SMILES string of the molecule is CCOC(=O)[C@@H]1C(=O)N(CCCN2CCCCC2)c2ccccc2S[C@H]1c1ccc(C)s1. The van der Waals surface area contributed by atoms with Crippen LogP contribution >= 0.6 is 23.1 Å². The van der Waals surface area contributed by atoms with E-state index >= 15 is 0 Å². The predicted molar refractivity (Wildman–Crippen MR) is 131 cm³/mol. The minimum atomic E-state index is -0.847. The number of fused-ring (bicyclic) bond motifs is 1. The van der Waals surface area contributed by atoms with Crippen LogP contribution in [0.25, 0.3) is 0 Å². The Kier molecular flexibility index (Phi) is 7.92. The molecule has 0 saturated carbocycles. The van der Waals surface area contributed by atoms with Crippen LogP contribution in [0.5, 0.6) is 0 Å². The summed E-state index contributed by atoms with van der Waals surface area (Å²) in [5.41, 5.74) is 0.909. The Morgan fingerprint density at radius 1 is 1.09 bits per heavy atom. The van der Waals surface area contributed by atoms with E-state index in [1.807, 2.05) is 29.2 Å². The number of benzene rings is 1. The van der Waals surface area contributed by atoms with Crippen LogP contribution in [0.4, 0.5) is 5.69 Å². The average Bonchev–Trinajstić information content (AvgIpc) is 3.18. The summed E-state index contributed by atoms with van der Waals surface area (Å²) >= 11 is 3.26. The normalized spacial score (nSPS) is 21.8. The number of carbonyl (C=O) groups is 2. The smallest absolute Gasteiger partial charge is 0.320 e. The molecule has 1 aromatic carbocycles. The Balaban J connectivity index is 1.63. The number of nitrogens with zero attached hydrogens (tertiary/aromatic N) is 2. The van der Waals surface area contributed by atoms with Crippen molar-refractivity contribution in [2.75, 3.05) is 37.7 Å². The van der Waals surface area contributed by atoms with Crippen molar-refractivity contribution in [1.82, 2.24) is 4.90 Å². The maximum Gasteiger partial charge on any atom is 0.320 e. The van der Waals surface area contributed by atoms with E-state index in [2.05, 4.69) is 24.0 Å². The van der Waals surface area contributed by atoms with Gasteiger partial charge in [0, 0.05) is 21.2 Å². The third-order valence-electron chi connectivity index (χ3n) is 6.13. The maximum atomic E-state index is 13.9. The van der Waals surface area contributed by atoms with Gasteiger partial charge in [-0.05, 0) is 77.0 Å². The zero-order chi connectivity index (χ0) is 22.5. The highest BCUT2D eigenvalue weighted by molar-refractivity contribution is 8.00. The number of hydrogen-bond acceptors (Lipinski definition) is 6. The number of aryl methyl sites for hydroxylation is 1. The number of likely N-dealkylation sites (tertiary alicyclic amines) is 1. The average molecular weight is 473 g/mol. The third kappa shape index (κ3) is 5.21. The summed E-state index contributed by atoms with van der Waals surface area (Å²) in [4.78, 5) is 34.6. The van der Waals surface area contributed by atoms with Gasteiger partial charge in [0.05, 0.1) is 17.5 Å². The first-order valence-electron chi connectivity index (χ1n) is 11.6. The van der Waals surface area contributed by atoms with Crippen LogP contribution in [-0.2, 0) is 14.3 Å². The summed E-state index contributed by atoms with van der Waals surface area (Å²) < 4.78 is 5.41. The quantitative estimate of drug-likeness (QED) is 0.405. The number of thiophene rings is 1. The second-order valence-corrected chi connectivity index (χ2v) is 10.9. The number of piperidine rings is 1. The third-order valence-corrected chi connectivity index (χ3v) is 8.74. The molecule has 0 bridgehead atoms. The van der Waals surface area contributed by atoms with Gasteiger partial charge in [-0.2, -0.15) is 0 Å². The molecule has 3 heterocycles. The minimum absolute atomic E-state index is 0.143. The minimum Gasteiger partial charge on any atom is -0.465 e. The van der Waals surface area contributed by atoms with Crippen LogP contribution in [0, 0.1) is 12.8 Å². The highest BCUT2D eigenvalue weighted by Gasteiger charge is 2.44. The Hall–Kier alpha value is -1.83. The van der Waals surface area contributed by atoms with E-state index in [9.17, 15) is 9.59 Å². The molecule has 0 spiro atoms. The van der Waals surface area contributed by atoms with Crippen LogP contribution in [-0.4, -0.2) is 49.6 Å². The Labute approximate surface area is 199 Å². The van der Waals surface area contributed by atoms with Gasteiger partial charge in [0.2, 0.25) is 5.91 Å². The van der Waals surface area contributed by atoms with Crippen LogP contribution in [0.2, 0.25) is 0 Å². The van der Waals surface area contributed by atoms with Gasteiger partial charge >= 0.3 is 5.97 Å². The molecule has 0 aliphatic carbocycles. The van der Waals surface area contributed by atoms with Gasteiger partial charge in [0.1, 0.15) is 0 Å². The molecule has 5 nitrogen and oxygen atoms in total. The molecule has 0 N–H and O–H groups in total. The van der Waals surface area contributed by atoms with Crippen LogP contribution in [0.3, 0.4) is 0 Å². The molecule has 7 heteroatoms. The van der Waals surface area contributed by atoms with Crippen LogP contribution in [0.1, 0.15) is 47.6 Å². The lowest BCUT2D eigenvalue weighted by atomic mass is 10.0. The van der Waals surface area contributed by atoms with Crippen LogP contribution in [0.15, 0.2) is 41.3 Å². The summed E-state index contributed by atoms with van der Waals surface area (Å²) in [6, 6.07) is 12.1. The number of anilines is 1. The van der Waals surface area contributed by atoms with E-state index in [0.717, 1.165) is 41.5 Å². The zero-order valence-electron chi connectivity index (χ0n) is 18.9. The van der Waals surface area contributed by atoms with E-state index in [1.54, 1.807) is 30.0 Å². The van der Waals surface area contributed by atoms with E-state index in [0.29, 0.717) is 6.54 Å². The molecule has 2 aromatic rings.